The molecular formula is C18H13ClN2O5S. The molecule has 0 aliphatic rings. The number of aromatic carboxylic acids is 1. The number of nitrogens with zero attached hydrogens (tertiary/aromatic N) is 1. The van der Waals surface area contributed by atoms with E-state index in [4.69, 9.17) is 16.3 Å². The summed E-state index contributed by atoms with van der Waals surface area (Å²) in [4.78, 5) is 15.0. The van der Waals surface area contributed by atoms with Gasteiger partial charge in [0.15, 0.2) is 0 Å². The molecule has 0 unspecified atom stereocenters. The van der Waals surface area contributed by atoms with Gasteiger partial charge in [0.05, 0.1) is 5.56 Å². The monoisotopic (exact) mass is 404 g/mol. The molecule has 0 saturated carbocycles. The van der Waals surface area contributed by atoms with Crippen LogP contribution in [0, 0.1) is 0 Å². The number of anilines is 1. The summed E-state index contributed by atoms with van der Waals surface area (Å²) in [6.45, 7) is 0. The van der Waals surface area contributed by atoms with Crippen molar-refractivity contribution in [1.82, 2.24) is 4.98 Å². The van der Waals surface area contributed by atoms with Crippen LogP contribution in [0.5, 0.6) is 11.6 Å². The third-order valence-corrected chi connectivity index (χ3v) is 5.10. The third-order valence-electron chi connectivity index (χ3n) is 3.43. The largest absolute Gasteiger partial charge is 0.478 e. The molecule has 9 heteroatoms. The second kappa shape index (κ2) is 7.65. The minimum absolute atomic E-state index is 0.127. The van der Waals surface area contributed by atoms with E-state index in [0.717, 1.165) is 12.1 Å². The number of aromatic nitrogens is 1. The van der Waals surface area contributed by atoms with Crippen LogP contribution in [-0.4, -0.2) is 24.5 Å². The van der Waals surface area contributed by atoms with E-state index in [2.05, 4.69) is 9.71 Å². The number of hydrogen-bond acceptors (Lipinski definition) is 5. The lowest BCUT2D eigenvalue weighted by Crippen LogP contribution is -2.16. The lowest BCUT2D eigenvalue weighted by molar-refractivity contribution is 0.0692. The standard InChI is InChI=1S/C18H13ClN2O5S/c19-12-4-9-16(15(11-12)18(22)23)27(24,25)21-13-5-7-14(8-6-13)26-17-3-1-2-10-20-17/h1-11,21H,(H,22,23). The Labute approximate surface area is 160 Å². The van der Waals surface area contributed by atoms with Gasteiger partial charge in [-0.15, -0.1) is 0 Å². The van der Waals surface area contributed by atoms with Crippen molar-refractivity contribution < 1.29 is 23.1 Å². The molecule has 3 rings (SSSR count). The van der Waals surface area contributed by atoms with Gasteiger partial charge in [-0.2, -0.15) is 0 Å². The Hall–Kier alpha value is -3.10. The van der Waals surface area contributed by atoms with E-state index in [0.29, 0.717) is 11.6 Å². The zero-order valence-corrected chi connectivity index (χ0v) is 15.2. The van der Waals surface area contributed by atoms with Crippen LogP contribution in [0.25, 0.3) is 0 Å². The summed E-state index contributed by atoms with van der Waals surface area (Å²) < 4.78 is 33.0. The minimum Gasteiger partial charge on any atom is -0.478 e. The van der Waals surface area contributed by atoms with Crippen LogP contribution in [-0.2, 0) is 10.0 Å². The molecule has 138 valence electrons. The van der Waals surface area contributed by atoms with E-state index < -0.39 is 21.6 Å². The van der Waals surface area contributed by atoms with Crippen LogP contribution in [0.4, 0.5) is 5.69 Å². The number of rotatable bonds is 6. The molecule has 1 heterocycles. The Morgan fingerprint density at radius 1 is 1.07 bits per heavy atom. The van der Waals surface area contributed by atoms with Gasteiger partial charge in [0.25, 0.3) is 10.0 Å². The van der Waals surface area contributed by atoms with Crippen LogP contribution in [0.3, 0.4) is 0 Å². The number of carboxylic acid groups (broad SMARTS) is 1. The number of carboxylic acids is 1. The first-order valence-corrected chi connectivity index (χ1v) is 9.46. The number of benzene rings is 2. The number of pyridine rings is 1. The fourth-order valence-electron chi connectivity index (χ4n) is 2.23. The Balaban J connectivity index is 1.81. The smallest absolute Gasteiger partial charge is 0.337 e. The molecule has 0 aliphatic heterocycles. The molecule has 0 radical (unpaired) electrons. The van der Waals surface area contributed by atoms with Crippen LogP contribution in [0.2, 0.25) is 5.02 Å². The van der Waals surface area contributed by atoms with Gasteiger partial charge in [0, 0.05) is 23.0 Å². The highest BCUT2D eigenvalue weighted by Crippen LogP contribution is 2.25. The van der Waals surface area contributed by atoms with Crippen LogP contribution < -0.4 is 9.46 Å². The predicted octanol–water partition coefficient (Wildman–Crippen LogP) is 4.03. The Morgan fingerprint density at radius 3 is 2.44 bits per heavy atom. The molecule has 0 spiro atoms. The van der Waals surface area contributed by atoms with Crippen molar-refractivity contribution in [3.63, 3.8) is 0 Å². The average Bonchev–Trinajstić information content (AvgIpc) is 2.63. The second-order valence-electron chi connectivity index (χ2n) is 5.35. The van der Waals surface area contributed by atoms with Gasteiger partial charge in [0.2, 0.25) is 5.88 Å². The van der Waals surface area contributed by atoms with Gasteiger partial charge in [-0.05, 0) is 48.5 Å². The highest BCUT2D eigenvalue weighted by Gasteiger charge is 2.22. The maximum absolute atomic E-state index is 12.6. The van der Waals surface area contributed by atoms with E-state index in [-0.39, 0.29) is 15.6 Å². The summed E-state index contributed by atoms with van der Waals surface area (Å²) in [6.07, 6.45) is 1.59. The number of halogens is 1. The minimum atomic E-state index is -4.12. The maximum Gasteiger partial charge on any atom is 0.337 e. The SMILES string of the molecule is O=C(O)c1cc(Cl)ccc1S(=O)(=O)Nc1ccc(Oc2ccccn2)cc1. The summed E-state index contributed by atoms with van der Waals surface area (Å²) in [7, 11) is -4.12. The predicted molar refractivity (Wildman–Crippen MR) is 100.0 cm³/mol. The second-order valence-corrected chi connectivity index (χ2v) is 7.43. The van der Waals surface area contributed by atoms with E-state index in [1.807, 2.05) is 0 Å². The number of nitrogens with one attached hydrogen (secondary N) is 1. The normalized spacial score (nSPS) is 11.0. The van der Waals surface area contributed by atoms with Crippen molar-refractivity contribution in [3.05, 3.63) is 77.4 Å². The Kier molecular flexibility index (Phi) is 5.29. The molecule has 0 atom stereocenters. The number of ether oxygens (including phenoxy) is 1. The molecule has 0 fully saturated rings. The molecule has 0 saturated heterocycles. The van der Waals surface area contributed by atoms with E-state index in [1.165, 1.54) is 18.2 Å². The first-order chi connectivity index (χ1) is 12.8. The van der Waals surface area contributed by atoms with Gasteiger partial charge >= 0.3 is 5.97 Å². The molecule has 2 N–H and O–H groups in total. The van der Waals surface area contributed by atoms with Crippen molar-refractivity contribution in [3.8, 4) is 11.6 Å². The van der Waals surface area contributed by atoms with E-state index in [9.17, 15) is 18.3 Å². The zero-order chi connectivity index (χ0) is 19.4. The lowest BCUT2D eigenvalue weighted by atomic mass is 10.2. The molecule has 1 aromatic heterocycles. The van der Waals surface area contributed by atoms with Gasteiger partial charge in [-0.25, -0.2) is 18.2 Å². The third kappa shape index (κ3) is 4.55. The molecule has 0 aliphatic carbocycles. The van der Waals surface area contributed by atoms with Crippen LogP contribution >= 0.6 is 11.6 Å². The molecule has 2 aromatic carbocycles. The molecule has 0 amide bonds. The molecule has 0 bridgehead atoms. The molecule has 27 heavy (non-hydrogen) atoms. The van der Waals surface area contributed by atoms with Crippen LogP contribution in [0.15, 0.2) is 71.8 Å². The highest BCUT2D eigenvalue weighted by molar-refractivity contribution is 7.92. The number of carbonyl (C=O) groups is 1. The molecule has 7 nitrogen and oxygen atoms in total. The number of sulfonamides is 1. The summed E-state index contributed by atoms with van der Waals surface area (Å²) in [6, 6.07) is 14.9. The Bertz CT molecular complexity index is 1070. The summed E-state index contributed by atoms with van der Waals surface area (Å²) >= 11 is 5.76. The molecule has 3 aromatic rings. The summed E-state index contributed by atoms with van der Waals surface area (Å²) in [5.41, 5.74) is -0.167. The first kappa shape index (κ1) is 18.7. The lowest BCUT2D eigenvalue weighted by Gasteiger charge is -2.11. The van der Waals surface area contributed by atoms with Gasteiger partial charge in [-0.1, -0.05) is 17.7 Å². The summed E-state index contributed by atoms with van der Waals surface area (Å²) in [5.74, 6) is -0.524. The highest BCUT2D eigenvalue weighted by atomic mass is 35.5. The van der Waals surface area contributed by atoms with Crippen molar-refractivity contribution in [2.45, 2.75) is 4.90 Å². The van der Waals surface area contributed by atoms with Gasteiger partial charge in [0.1, 0.15) is 10.6 Å². The van der Waals surface area contributed by atoms with E-state index in [1.54, 1.807) is 36.5 Å². The number of hydrogen-bond donors (Lipinski definition) is 2. The van der Waals surface area contributed by atoms with Crippen molar-refractivity contribution >= 4 is 33.3 Å². The van der Waals surface area contributed by atoms with Crippen LogP contribution in [0.1, 0.15) is 10.4 Å². The zero-order valence-electron chi connectivity index (χ0n) is 13.7. The average molecular weight is 405 g/mol. The van der Waals surface area contributed by atoms with E-state index >= 15 is 0 Å². The van der Waals surface area contributed by atoms with Crippen molar-refractivity contribution in [2.24, 2.45) is 0 Å². The maximum atomic E-state index is 12.6. The van der Waals surface area contributed by atoms with Crippen molar-refractivity contribution in [2.75, 3.05) is 4.72 Å². The van der Waals surface area contributed by atoms with Crippen molar-refractivity contribution in [1.29, 1.82) is 0 Å². The fraction of sp³-hybridized carbons (Fsp3) is 0. The van der Waals surface area contributed by atoms with Gasteiger partial charge in [-0.3, -0.25) is 4.72 Å². The quantitative estimate of drug-likeness (QED) is 0.642. The Morgan fingerprint density at radius 2 is 1.81 bits per heavy atom. The summed E-state index contributed by atoms with van der Waals surface area (Å²) in [5, 5.41) is 9.35. The topological polar surface area (TPSA) is 106 Å². The first-order valence-electron chi connectivity index (χ1n) is 7.60. The molecular weight excluding hydrogens is 392 g/mol. The van der Waals surface area contributed by atoms with Gasteiger partial charge < -0.3 is 9.84 Å². The fourth-order valence-corrected chi connectivity index (χ4v) is 3.64.